The smallest absolute Gasteiger partial charge is 0.237 e. The van der Waals surface area contributed by atoms with Gasteiger partial charge in [-0.05, 0) is 44.0 Å². The van der Waals surface area contributed by atoms with Gasteiger partial charge in [-0.2, -0.15) is 0 Å². The summed E-state index contributed by atoms with van der Waals surface area (Å²) < 4.78 is 0. The van der Waals surface area contributed by atoms with Crippen LogP contribution in [0.25, 0.3) is 0 Å². The predicted molar refractivity (Wildman–Crippen MR) is 102 cm³/mol. The van der Waals surface area contributed by atoms with Crippen molar-refractivity contribution in [3.05, 3.63) is 63.1 Å². The number of halogens is 2. The lowest BCUT2D eigenvalue weighted by Gasteiger charge is -2.15. The van der Waals surface area contributed by atoms with Gasteiger partial charge in [0, 0.05) is 5.75 Å². The Bertz CT molecular complexity index is 698. The van der Waals surface area contributed by atoms with Gasteiger partial charge in [0.25, 0.3) is 0 Å². The highest BCUT2D eigenvalue weighted by Gasteiger charge is 2.17. The zero-order valence-corrected chi connectivity index (χ0v) is 15.6. The summed E-state index contributed by atoms with van der Waals surface area (Å²) in [5.74, 6) is 0.688. The predicted octanol–water partition coefficient (Wildman–Crippen LogP) is 5.87. The Hall–Kier alpha value is -1.16. The van der Waals surface area contributed by atoms with Gasteiger partial charge in [-0.15, -0.1) is 11.8 Å². The van der Waals surface area contributed by atoms with Gasteiger partial charge >= 0.3 is 0 Å². The summed E-state index contributed by atoms with van der Waals surface area (Å²) in [6, 6.07) is 11.5. The first kappa shape index (κ1) is 18.2. The number of para-hydroxylation sites is 1. The fourth-order valence-electron chi connectivity index (χ4n) is 2.09. The molecule has 23 heavy (non-hydrogen) atoms. The third-order valence-electron chi connectivity index (χ3n) is 3.57. The van der Waals surface area contributed by atoms with Gasteiger partial charge in [-0.3, -0.25) is 4.79 Å². The second-order valence-corrected chi connectivity index (χ2v) is 7.61. The Kier molecular flexibility index (Phi) is 6.40. The van der Waals surface area contributed by atoms with Gasteiger partial charge in [-0.1, -0.05) is 53.0 Å². The van der Waals surface area contributed by atoms with Crippen LogP contribution in [-0.2, 0) is 10.5 Å². The molecule has 0 aliphatic carbocycles. The lowest BCUT2D eigenvalue weighted by molar-refractivity contribution is -0.115. The quantitative estimate of drug-likeness (QED) is 0.715. The van der Waals surface area contributed by atoms with Gasteiger partial charge in [-0.25, -0.2) is 0 Å². The molecule has 0 saturated carbocycles. The number of aryl methyl sites for hydroxylation is 2. The van der Waals surface area contributed by atoms with Crippen molar-refractivity contribution < 1.29 is 4.79 Å². The Morgan fingerprint density at radius 3 is 2.48 bits per heavy atom. The van der Waals surface area contributed by atoms with Crippen LogP contribution in [0.1, 0.15) is 23.6 Å². The zero-order valence-electron chi connectivity index (χ0n) is 13.3. The van der Waals surface area contributed by atoms with E-state index >= 15 is 0 Å². The number of nitrogens with one attached hydrogen (secondary N) is 1. The number of amides is 1. The molecule has 2 aromatic rings. The first-order valence-electron chi connectivity index (χ1n) is 7.31. The summed E-state index contributed by atoms with van der Waals surface area (Å²) in [7, 11) is 0. The summed E-state index contributed by atoms with van der Waals surface area (Å²) in [5.41, 5.74) is 4.20. The van der Waals surface area contributed by atoms with Crippen molar-refractivity contribution in [2.75, 3.05) is 5.32 Å². The topological polar surface area (TPSA) is 29.1 Å². The van der Waals surface area contributed by atoms with Gasteiger partial charge in [0.05, 0.1) is 21.0 Å². The molecule has 0 spiro atoms. The van der Waals surface area contributed by atoms with E-state index in [1.54, 1.807) is 30.0 Å². The van der Waals surface area contributed by atoms with Crippen molar-refractivity contribution in [2.24, 2.45) is 0 Å². The number of hydrogen-bond donors (Lipinski definition) is 1. The molecule has 2 rings (SSSR count). The third kappa shape index (κ3) is 4.90. The Labute approximate surface area is 151 Å². The molecule has 5 heteroatoms. The Morgan fingerprint density at radius 2 is 1.83 bits per heavy atom. The van der Waals surface area contributed by atoms with E-state index in [9.17, 15) is 4.79 Å². The van der Waals surface area contributed by atoms with Crippen LogP contribution in [0.2, 0.25) is 10.0 Å². The molecule has 1 N–H and O–H groups in total. The third-order valence-corrected chi connectivity index (χ3v) is 5.40. The van der Waals surface area contributed by atoms with Crippen LogP contribution in [0, 0.1) is 13.8 Å². The molecular weight excluding hydrogens is 349 g/mol. The molecule has 0 bridgehead atoms. The average Bonchev–Trinajstić information content (AvgIpc) is 2.51. The molecule has 1 unspecified atom stereocenters. The minimum atomic E-state index is -0.206. The summed E-state index contributed by atoms with van der Waals surface area (Å²) in [6.07, 6.45) is 0. The maximum atomic E-state index is 12.3. The minimum absolute atomic E-state index is 0.102. The number of anilines is 1. The van der Waals surface area contributed by atoms with Crippen molar-refractivity contribution in [2.45, 2.75) is 31.8 Å². The summed E-state index contributed by atoms with van der Waals surface area (Å²) in [6.45, 7) is 6.04. The summed E-state index contributed by atoms with van der Waals surface area (Å²) >= 11 is 13.8. The van der Waals surface area contributed by atoms with Gasteiger partial charge in [0.2, 0.25) is 5.91 Å². The second-order valence-electron chi connectivity index (χ2n) is 5.47. The molecular formula is C18H19Cl2NOS. The van der Waals surface area contributed by atoms with Crippen LogP contribution in [0.4, 0.5) is 5.69 Å². The zero-order chi connectivity index (χ0) is 17.0. The molecule has 0 aliphatic rings. The number of benzene rings is 2. The monoisotopic (exact) mass is 367 g/mol. The minimum Gasteiger partial charge on any atom is -0.323 e. The molecule has 0 aromatic heterocycles. The van der Waals surface area contributed by atoms with E-state index in [4.69, 9.17) is 23.2 Å². The molecule has 1 amide bonds. The van der Waals surface area contributed by atoms with Crippen LogP contribution in [0.3, 0.4) is 0 Å². The summed E-state index contributed by atoms with van der Waals surface area (Å²) in [5, 5.41) is 3.50. The molecule has 0 fully saturated rings. The number of carbonyl (C=O) groups excluding carboxylic acids is 1. The summed E-state index contributed by atoms with van der Waals surface area (Å²) in [4.78, 5) is 12.3. The number of hydrogen-bond acceptors (Lipinski definition) is 2. The Morgan fingerprint density at radius 1 is 1.17 bits per heavy atom. The largest absolute Gasteiger partial charge is 0.323 e. The van der Waals surface area contributed by atoms with E-state index in [1.165, 1.54) is 16.7 Å². The van der Waals surface area contributed by atoms with Crippen LogP contribution in [0.5, 0.6) is 0 Å². The molecule has 0 saturated heterocycles. The van der Waals surface area contributed by atoms with E-state index in [0.29, 0.717) is 15.7 Å². The second kappa shape index (κ2) is 8.09. The maximum Gasteiger partial charge on any atom is 0.237 e. The lowest BCUT2D eigenvalue weighted by atomic mass is 10.1. The van der Waals surface area contributed by atoms with E-state index in [-0.39, 0.29) is 11.2 Å². The van der Waals surface area contributed by atoms with Crippen molar-refractivity contribution in [1.29, 1.82) is 0 Å². The van der Waals surface area contributed by atoms with Crippen LogP contribution < -0.4 is 5.32 Å². The molecule has 0 heterocycles. The SMILES string of the molecule is Cc1ccc(C)c(CSC(C)C(=O)Nc2c(Cl)cccc2Cl)c1. The van der Waals surface area contributed by atoms with Gasteiger partial charge < -0.3 is 5.32 Å². The van der Waals surface area contributed by atoms with Gasteiger partial charge in [0.1, 0.15) is 0 Å². The average molecular weight is 368 g/mol. The number of rotatable bonds is 5. The van der Waals surface area contributed by atoms with Crippen molar-refractivity contribution in [3.63, 3.8) is 0 Å². The highest BCUT2D eigenvalue weighted by molar-refractivity contribution is 7.99. The van der Waals surface area contributed by atoms with Crippen molar-refractivity contribution >= 4 is 46.6 Å². The van der Waals surface area contributed by atoms with E-state index in [2.05, 4.69) is 37.4 Å². The standard InChI is InChI=1S/C18H19Cl2NOS/c1-11-7-8-12(2)14(9-11)10-23-13(3)18(22)21-17-15(19)5-4-6-16(17)20/h4-9,13H,10H2,1-3H3,(H,21,22). The molecule has 0 aliphatic heterocycles. The first-order valence-corrected chi connectivity index (χ1v) is 9.11. The fourth-order valence-corrected chi connectivity index (χ4v) is 3.53. The maximum absolute atomic E-state index is 12.3. The van der Waals surface area contributed by atoms with Crippen LogP contribution in [-0.4, -0.2) is 11.2 Å². The Balaban J connectivity index is 1.99. The van der Waals surface area contributed by atoms with E-state index in [0.717, 1.165) is 5.75 Å². The molecule has 2 aromatic carbocycles. The lowest BCUT2D eigenvalue weighted by Crippen LogP contribution is -2.23. The normalized spacial score (nSPS) is 12.0. The molecule has 2 nitrogen and oxygen atoms in total. The highest BCUT2D eigenvalue weighted by Crippen LogP contribution is 2.31. The first-order chi connectivity index (χ1) is 10.9. The van der Waals surface area contributed by atoms with Crippen molar-refractivity contribution in [3.8, 4) is 0 Å². The number of thioether (sulfide) groups is 1. The van der Waals surface area contributed by atoms with E-state index < -0.39 is 0 Å². The fraction of sp³-hybridized carbons (Fsp3) is 0.278. The highest BCUT2D eigenvalue weighted by atomic mass is 35.5. The van der Waals surface area contributed by atoms with E-state index in [1.807, 2.05) is 6.92 Å². The van der Waals surface area contributed by atoms with Crippen molar-refractivity contribution in [1.82, 2.24) is 0 Å². The number of carbonyl (C=O) groups is 1. The molecule has 122 valence electrons. The van der Waals surface area contributed by atoms with Crippen LogP contribution in [0.15, 0.2) is 36.4 Å². The molecule has 1 atom stereocenters. The molecule has 0 radical (unpaired) electrons. The van der Waals surface area contributed by atoms with Crippen LogP contribution >= 0.6 is 35.0 Å². The van der Waals surface area contributed by atoms with Gasteiger partial charge in [0.15, 0.2) is 0 Å².